The second-order valence-electron chi connectivity index (χ2n) is 8.18. The molecule has 0 radical (unpaired) electrons. The van der Waals surface area contributed by atoms with E-state index >= 15 is 0 Å². The summed E-state index contributed by atoms with van der Waals surface area (Å²) >= 11 is 0. The lowest BCUT2D eigenvalue weighted by atomic mass is 9.89. The summed E-state index contributed by atoms with van der Waals surface area (Å²) in [7, 11) is -3.92. The van der Waals surface area contributed by atoms with Crippen molar-refractivity contribution >= 4 is 27.6 Å². The molecule has 1 aromatic carbocycles. The summed E-state index contributed by atoms with van der Waals surface area (Å²) in [5, 5.41) is 25.2. The molecule has 1 aromatic rings. The third-order valence-corrected chi connectivity index (χ3v) is 6.60. The van der Waals surface area contributed by atoms with E-state index in [9.17, 15) is 33.0 Å². The highest BCUT2D eigenvalue weighted by molar-refractivity contribution is 7.92. The van der Waals surface area contributed by atoms with Gasteiger partial charge in [0.05, 0.1) is 17.0 Å². The molecule has 1 aliphatic rings. The van der Waals surface area contributed by atoms with Crippen LogP contribution >= 0.6 is 0 Å². The van der Waals surface area contributed by atoms with E-state index in [0.29, 0.717) is 6.42 Å². The number of sulfone groups is 1. The van der Waals surface area contributed by atoms with E-state index in [4.69, 9.17) is 5.73 Å². The molecule has 3 amide bonds. The van der Waals surface area contributed by atoms with Gasteiger partial charge in [-0.15, -0.1) is 0 Å². The zero-order chi connectivity index (χ0) is 24.1. The fraction of sp³-hybridized carbons (Fsp3) is 0.476. The molecule has 4 atom stereocenters. The number of nitrogens with one attached hydrogen (secondary N) is 2. The number of primary amides is 1. The summed E-state index contributed by atoms with van der Waals surface area (Å²) in [6.45, 7) is 3.72. The van der Waals surface area contributed by atoms with Crippen LogP contribution in [0.4, 0.5) is 0 Å². The van der Waals surface area contributed by atoms with Crippen molar-refractivity contribution in [3.05, 3.63) is 42.0 Å². The topological polar surface area (TPSA) is 176 Å². The summed E-state index contributed by atoms with van der Waals surface area (Å²) < 4.78 is 24.8. The summed E-state index contributed by atoms with van der Waals surface area (Å²) in [5.74, 6) is -3.07. The van der Waals surface area contributed by atoms with E-state index in [0.717, 1.165) is 0 Å². The predicted octanol–water partition coefficient (Wildman–Crippen LogP) is -0.987. The Bertz CT molecular complexity index is 976. The van der Waals surface area contributed by atoms with E-state index in [1.165, 1.54) is 30.3 Å². The third kappa shape index (κ3) is 6.87. The van der Waals surface area contributed by atoms with E-state index in [1.807, 2.05) is 13.8 Å². The standard InChI is InChI=1S/C21H29N3O7S/c1-12(2)8-16(20(22)28)24-21(29)13-9-15(19(27)17(25)10-13)23-18(26)11-32(30,31)14-6-4-3-5-7-14/h3-7,9,12,15-17,19,25,27H,8,10-11H2,1-2H3,(H2,22,28)(H,23,26)(H,24,29). The van der Waals surface area contributed by atoms with Gasteiger partial charge in [-0.2, -0.15) is 0 Å². The van der Waals surface area contributed by atoms with Crippen molar-refractivity contribution in [1.29, 1.82) is 0 Å². The van der Waals surface area contributed by atoms with E-state index < -0.39 is 57.6 Å². The van der Waals surface area contributed by atoms with Crippen molar-refractivity contribution in [2.45, 2.75) is 55.9 Å². The number of aliphatic hydroxyl groups excluding tert-OH is 2. The highest BCUT2D eigenvalue weighted by Gasteiger charge is 2.35. The van der Waals surface area contributed by atoms with Gasteiger partial charge in [-0.3, -0.25) is 14.4 Å². The van der Waals surface area contributed by atoms with Crippen LogP contribution in [0.5, 0.6) is 0 Å². The van der Waals surface area contributed by atoms with Crippen LogP contribution in [0.1, 0.15) is 26.7 Å². The van der Waals surface area contributed by atoms with Gasteiger partial charge in [0.1, 0.15) is 17.9 Å². The molecular formula is C21H29N3O7S. The number of benzene rings is 1. The maximum Gasteiger partial charge on any atom is 0.247 e. The SMILES string of the molecule is CC(C)CC(NC(=O)C1=CC(NC(=O)CS(=O)(=O)c2ccccc2)C(O)C(O)C1)C(N)=O. The van der Waals surface area contributed by atoms with E-state index in [1.54, 1.807) is 6.07 Å². The predicted molar refractivity (Wildman–Crippen MR) is 116 cm³/mol. The Morgan fingerprint density at radius 1 is 1.16 bits per heavy atom. The molecule has 11 heteroatoms. The molecule has 10 nitrogen and oxygen atoms in total. The molecule has 4 unspecified atom stereocenters. The fourth-order valence-corrected chi connectivity index (χ4v) is 4.51. The molecule has 0 aliphatic heterocycles. The van der Waals surface area contributed by atoms with Crippen LogP contribution in [0.25, 0.3) is 0 Å². The number of nitrogens with two attached hydrogens (primary N) is 1. The van der Waals surface area contributed by atoms with Crippen molar-refractivity contribution in [2.24, 2.45) is 11.7 Å². The minimum absolute atomic E-state index is 0.0300. The van der Waals surface area contributed by atoms with Gasteiger partial charge in [0.15, 0.2) is 9.84 Å². The zero-order valence-corrected chi connectivity index (χ0v) is 18.7. The molecule has 0 aromatic heterocycles. The van der Waals surface area contributed by atoms with Gasteiger partial charge >= 0.3 is 0 Å². The maximum absolute atomic E-state index is 12.6. The number of aliphatic hydroxyl groups is 2. The van der Waals surface area contributed by atoms with Crippen LogP contribution in [-0.4, -0.2) is 66.4 Å². The number of carbonyl (C=O) groups is 3. The molecule has 0 saturated heterocycles. The van der Waals surface area contributed by atoms with Crippen molar-refractivity contribution in [3.63, 3.8) is 0 Å². The first kappa shape index (κ1) is 25.5. The molecule has 0 saturated carbocycles. The Kier molecular flexibility index (Phi) is 8.53. The summed E-state index contributed by atoms with van der Waals surface area (Å²) in [6, 6.07) is 5.29. The Hall–Kier alpha value is -2.76. The quantitative estimate of drug-likeness (QED) is 0.310. The van der Waals surface area contributed by atoms with Crippen LogP contribution in [-0.2, 0) is 24.2 Å². The van der Waals surface area contributed by atoms with Crippen LogP contribution in [0, 0.1) is 5.92 Å². The highest BCUT2D eigenvalue weighted by atomic mass is 32.2. The second kappa shape index (κ2) is 10.7. The molecule has 2 rings (SSSR count). The van der Waals surface area contributed by atoms with Crippen molar-refractivity contribution in [3.8, 4) is 0 Å². The molecule has 0 fully saturated rings. The van der Waals surface area contributed by atoms with E-state index in [2.05, 4.69) is 10.6 Å². The van der Waals surface area contributed by atoms with Gasteiger partial charge in [0.25, 0.3) is 0 Å². The Labute approximate surface area is 186 Å². The monoisotopic (exact) mass is 467 g/mol. The van der Waals surface area contributed by atoms with Crippen LogP contribution in [0.3, 0.4) is 0 Å². The Balaban J connectivity index is 2.13. The molecule has 32 heavy (non-hydrogen) atoms. The molecule has 0 bridgehead atoms. The summed E-state index contributed by atoms with van der Waals surface area (Å²) in [6.07, 6.45) is -1.48. The van der Waals surface area contributed by atoms with Gasteiger partial charge in [0.2, 0.25) is 17.7 Å². The Morgan fingerprint density at radius 2 is 1.78 bits per heavy atom. The smallest absolute Gasteiger partial charge is 0.247 e. The Morgan fingerprint density at radius 3 is 2.34 bits per heavy atom. The molecular weight excluding hydrogens is 438 g/mol. The third-order valence-electron chi connectivity index (χ3n) is 4.97. The van der Waals surface area contributed by atoms with Crippen molar-refractivity contribution in [1.82, 2.24) is 10.6 Å². The van der Waals surface area contributed by atoms with Crippen molar-refractivity contribution in [2.75, 3.05) is 5.75 Å². The van der Waals surface area contributed by atoms with Gasteiger partial charge in [-0.05, 0) is 24.5 Å². The first-order chi connectivity index (χ1) is 14.9. The first-order valence-corrected chi connectivity index (χ1v) is 11.8. The lowest BCUT2D eigenvalue weighted by Crippen LogP contribution is -2.53. The van der Waals surface area contributed by atoms with Crippen LogP contribution in [0.15, 0.2) is 46.9 Å². The minimum Gasteiger partial charge on any atom is -0.390 e. The largest absolute Gasteiger partial charge is 0.390 e. The van der Waals surface area contributed by atoms with Gasteiger partial charge in [0, 0.05) is 12.0 Å². The van der Waals surface area contributed by atoms with E-state index in [-0.39, 0.29) is 22.8 Å². The lowest BCUT2D eigenvalue weighted by molar-refractivity contribution is -0.126. The number of carbonyl (C=O) groups excluding carboxylic acids is 3. The van der Waals surface area contributed by atoms with Gasteiger partial charge < -0.3 is 26.6 Å². The molecule has 176 valence electrons. The second-order valence-corrected chi connectivity index (χ2v) is 10.2. The lowest BCUT2D eigenvalue weighted by Gasteiger charge is -2.31. The summed E-state index contributed by atoms with van der Waals surface area (Å²) in [5.41, 5.74) is 5.37. The number of hydrogen-bond acceptors (Lipinski definition) is 7. The summed E-state index contributed by atoms with van der Waals surface area (Å²) in [4.78, 5) is 36.5. The molecule has 6 N–H and O–H groups in total. The number of rotatable bonds is 9. The average Bonchev–Trinajstić information content (AvgIpc) is 2.70. The normalized spacial score (nSPS) is 22.0. The van der Waals surface area contributed by atoms with Crippen LogP contribution in [0.2, 0.25) is 0 Å². The molecule has 0 spiro atoms. The van der Waals surface area contributed by atoms with Crippen LogP contribution < -0.4 is 16.4 Å². The number of hydrogen-bond donors (Lipinski definition) is 5. The first-order valence-electron chi connectivity index (χ1n) is 10.1. The van der Waals surface area contributed by atoms with Gasteiger partial charge in [-0.1, -0.05) is 38.1 Å². The molecule has 1 aliphatic carbocycles. The van der Waals surface area contributed by atoms with Gasteiger partial charge in [-0.25, -0.2) is 8.42 Å². The fourth-order valence-electron chi connectivity index (χ4n) is 3.34. The highest BCUT2D eigenvalue weighted by Crippen LogP contribution is 2.21. The van der Waals surface area contributed by atoms with Crippen molar-refractivity contribution < 1.29 is 33.0 Å². The zero-order valence-electron chi connectivity index (χ0n) is 17.9. The minimum atomic E-state index is -3.92. The number of amides is 3. The average molecular weight is 468 g/mol. The molecule has 0 heterocycles. The maximum atomic E-state index is 12.6.